The molecule has 3 N–H and O–H groups in total. The van der Waals surface area contributed by atoms with Crippen molar-refractivity contribution in [1.29, 1.82) is 0 Å². The second-order valence-corrected chi connectivity index (χ2v) is 10.2. The molecule has 0 fully saturated rings. The minimum atomic E-state index is -0.984. The molecule has 0 radical (unpaired) electrons. The van der Waals surface area contributed by atoms with Crippen molar-refractivity contribution in [2.24, 2.45) is 5.92 Å². The van der Waals surface area contributed by atoms with Crippen molar-refractivity contribution in [3.8, 4) is 0 Å². The number of hydrogen-bond acceptors (Lipinski definition) is 6. The number of benzene rings is 1. The Balaban J connectivity index is 1.23. The molecule has 1 amide bonds. The summed E-state index contributed by atoms with van der Waals surface area (Å²) in [5, 5.41) is 16.0. The number of ether oxygens (including phenoxy) is 1. The standard InChI is InChI=1S/C29H40N4O4/c1-37-18-17-33(15-5-4-10-25-12-11-21-9-6-14-30-27(21)31-25)16-13-26(29(35)36)32-28(34)24-19-22-7-2-3-8-23(22)20-24/h2-3,7-8,11-12,24,26H,4-6,9-10,13-20H2,1H3,(H,30,31)(H,32,34)(H,35,36). The molecule has 37 heavy (non-hydrogen) atoms. The molecule has 1 unspecified atom stereocenters. The van der Waals surface area contributed by atoms with Gasteiger partial charge < -0.3 is 25.4 Å². The number of pyridine rings is 1. The van der Waals surface area contributed by atoms with Crippen LogP contribution in [-0.2, 0) is 40.0 Å². The topological polar surface area (TPSA) is 104 Å². The SMILES string of the molecule is COCCN(CCCCc1ccc2c(n1)NCCC2)CCC(NC(=O)C1Cc2ccccc2C1)C(=O)O. The lowest BCUT2D eigenvalue weighted by molar-refractivity contribution is -0.142. The number of carboxylic acid groups (broad SMARTS) is 1. The lowest BCUT2D eigenvalue weighted by Gasteiger charge is -2.24. The maximum Gasteiger partial charge on any atom is 0.326 e. The lowest BCUT2D eigenvalue weighted by Crippen LogP contribution is -2.46. The Morgan fingerprint density at radius 2 is 1.89 bits per heavy atom. The van der Waals surface area contributed by atoms with E-state index in [1.165, 1.54) is 16.7 Å². The quantitative estimate of drug-likeness (QED) is 0.337. The van der Waals surface area contributed by atoms with E-state index < -0.39 is 12.0 Å². The van der Waals surface area contributed by atoms with Crippen LogP contribution in [0.2, 0.25) is 0 Å². The second-order valence-electron chi connectivity index (χ2n) is 10.2. The van der Waals surface area contributed by atoms with Gasteiger partial charge in [-0.15, -0.1) is 0 Å². The fourth-order valence-electron chi connectivity index (χ4n) is 5.31. The first-order chi connectivity index (χ1) is 18.0. The molecule has 1 aromatic heterocycles. The molecule has 2 heterocycles. The van der Waals surface area contributed by atoms with Gasteiger partial charge in [0.25, 0.3) is 0 Å². The number of anilines is 1. The number of carbonyl (C=O) groups excluding carboxylic acids is 1. The third kappa shape index (κ3) is 7.76. The van der Waals surface area contributed by atoms with Gasteiger partial charge >= 0.3 is 5.97 Å². The molecule has 0 bridgehead atoms. The number of nitrogens with one attached hydrogen (secondary N) is 2. The highest BCUT2D eigenvalue weighted by atomic mass is 16.5. The summed E-state index contributed by atoms with van der Waals surface area (Å²) in [6.07, 6.45) is 6.87. The fourth-order valence-corrected chi connectivity index (χ4v) is 5.31. The summed E-state index contributed by atoms with van der Waals surface area (Å²) < 4.78 is 5.27. The van der Waals surface area contributed by atoms with Crippen LogP contribution in [0.3, 0.4) is 0 Å². The zero-order valence-electron chi connectivity index (χ0n) is 21.9. The molecule has 0 spiro atoms. The van der Waals surface area contributed by atoms with Crippen LogP contribution in [0.15, 0.2) is 36.4 Å². The van der Waals surface area contributed by atoms with Crippen molar-refractivity contribution >= 4 is 17.7 Å². The Hall–Kier alpha value is -2.97. The van der Waals surface area contributed by atoms with Gasteiger partial charge in [-0.2, -0.15) is 0 Å². The zero-order valence-corrected chi connectivity index (χ0v) is 21.9. The first-order valence-electron chi connectivity index (χ1n) is 13.6. The molecule has 1 atom stereocenters. The normalized spacial score (nSPS) is 15.6. The van der Waals surface area contributed by atoms with E-state index in [1.54, 1.807) is 7.11 Å². The second kappa shape index (κ2) is 13.5. The van der Waals surface area contributed by atoms with Crippen LogP contribution in [-0.4, -0.2) is 72.8 Å². The van der Waals surface area contributed by atoms with Gasteiger partial charge in [-0.3, -0.25) is 4.79 Å². The number of carboxylic acids is 1. The minimum absolute atomic E-state index is 0.168. The van der Waals surface area contributed by atoms with Crippen molar-refractivity contribution in [3.05, 3.63) is 58.8 Å². The van der Waals surface area contributed by atoms with E-state index in [9.17, 15) is 14.7 Å². The van der Waals surface area contributed by atoms with Gasteiger partial charge in [0, 0.05) is 38.4 Å². The van der Waals surface area contributed by atoms with Crippen LogP contribution in [0.4, 0.5) is 5.82 Å². The molecule has 0 saturated heterocycles. The van der Waals surface area contributed by atoms with E-state index in [0.29, 0.717) is 32.4 Å². The Labute approximate surface area is 219 Å². The number of hydrogen-bond donors (Lipinski definition) is 3. The van der Waals surface area contributed by atoms with Gasteiger partial charge in [-0.05, 0) is 80.7 Å². The number of unbranched alkanes of at least 4 members (excludes halogenated alkanes) is 1. The molecule has 8 heteroatoms. The molecular formula is C29H40N4O4. The first-order valence-corrected chi connectivity index (χ1v) is 13.6. The van der Waals surface area contributed by atoms with E-state index in [4.69, 9.17) is 9.72 Å². The molecule has 1 aromatic carbocycles. The maximum atomic E-state index is 12.9. The van der Waals surface area contributed by atoms with Crippen LogP contribution < -0.4 is 10.6 Å². The van der Waals surface area contributed by atoms with Crippen molar-refractivity contribution < 1.29 is 19.4 Å². The lowest BCUT2D eigenvalue weighted by atomic mass is 10.0. The van der Waals surface area contributed by atoms with Crippen molar-refractivity contribution in [2.45, 2.75) is 57.4 Å². The average molecular weight is 509 g/mol. The number of carbonyl (C=O) groups is 2. The summed E-state index contributed by atoms with van der Waals surface area (Å²) in [5.74, 6) is -0.313. The molecule has 8 nitrogen and oxygen atoms in total. The maximum absolute atomic E-state index is 12.9. The number of methoxy groups -OCH3 is 1. The van der Waals surface area contributed by atoms with Gasteiger partial charge in [0.1, 0.15) is 11.9 Å². The van der Waals surface area contributed by atoms with Crippen LogP contribution in [0.1, 0.15) is 48.1 Å². The summed E-state index contributed by atoms with van der Waals surface area (Å²) in [5.41, 5.74) is 4.78. The van der Waals surface area contributed by atoms with Gasteiger partial charge in [-0.25, -0.2) is 9.78 Å². The third-order valence-electron chi connectivity index (χ3n) is 7.49. The molecule has 1 aliphatic carbocycles. The Morgan fingerprint density at radius 1 is 1.11 bits per heavy atom. The van der Waals surface area contributed by atoms with E-state index in [0.717, 1.165) is 63.3 Å². The molecule has 200 valence electrons. The summed E-state index contributed by atoms with van der Waals surface area (Å²) in [7, 11) is 1.67. The van der Waals surface area contributed by atoms with E-state index in [1.807, 2.05) is 24.3 Å². The predicted molar refractivity (Wildman–Crippen MR) is 144 cm³/mol. The zero-order chi connectivity index (χ0) is 26.0. The third-order valence-corrected chi connectivity index (χ3v) is 7.49. The van der Waals surface area contributed by atoms with Crippen LogP contribution in [0, 0.1) is 5.92 Å². The minimum Gasteiger partial charge on any atom is -0.480 e. The Kier molecular flexibility index (Phi) is 9.91. The summed E-state index contributed by atoms with van der Waals surface area (Å²) in [6, 6.07) is 11.5. The molecular weight excluding hydrogens is 468 g/mol. The highest BCUT2D eigenvalue weighted by Crippen LogP contribution is 2.26. The van der Waals surface area contributed by atoms with Crippen LogP contribution >= 0.6 is 0 Å². The molecule has 2 aliphatic rings. The molecule has 4 rings (SSSR count). The number of aliphatic carboxylic acids is 1. The number of aryl methyl sites for hydroxylation is 2. The first kappa shape index (κ1) is 27.1. The van der Waals surface area contributed by atoms with Gasteiger partial charge in [0.15, 0.2) is 0 Å². The number of aromatic nitrogens is 1. The highest BCUT2D eigenvalue weighted by molar-refractivity contribution is 5.85. The average Bonchev–Trinajstić information content (AvgIpc) is 3.35. The number of nitrogens with zero attached hydrogens (tertiary/aromatic N) is 2. The summed E-state index contributed by atoms with van der Waals surface area (Å²) >= 11 is 0. The molecule has 0 saturated carbocycles. The molecule has 2 aromatic rings. The van der Waals surface area contributed by atoms with Gasteiger partial charge in [0.05, 0.1) is 6.61 Å². The number of fused-ring (bicyclic) bond motifs is 2. The molecule has 1 aliphatic heterocycles. The van der Waals surface area contributed by atoms with Crippen molar-refractivity contribution in [3.63, 3.8) is 0 Å². The van der Waals surface area contributed by atoms with Crippen LogP contribution in [0.5, 0.6) is 0 Å². The van der Waals surface area contributed by atoms with E-state index in [2.05, 4.69) is 27.7 Å². The Morgan fingerprint density at radius 3 is 2.62 bits per heavy atom. The van der Waals surface area contributed by atoms with E-state index >= 15 is 0 Å². The van der Waals surface area contributed by atoms with Crippen molar-refractivity contribution in [1.82, 2.24) is 15.2 Å². The number of amides is 1. The van der Waals surface area contributed by atoms with Gasteiger partial charge in [-0.1, -0.05) is 30.3 Å². The van der Waals surface area contributed by atoms with Crippen molar-refractivity contribution in [2.75, 3.05) is 45.2 Å². The summed E-state index contributed by atoms with van der Waals surface area (Å²) in [6.45, 7) is 3.75. The number of rotatable bonds is 14. The largest absolute Gasteiger partial charge is 0.480 e. The fraction of sp³-hybridized carbons (Fsp3) is 0.552. The van der Waals surface area contributed by atoms with E-state index in [-0.39, 0.29) is 11.8 Å². The predicted octanol–water partition coefficient (Wildman–Crippen LogP) is 3.09. The monoisotopic (exact) mass is 508 g/mol. The van der Waals surface area contributed by atoms with Gasteiger partial charge in [0.2, 0.25) is 5.91 Å². The van der Waals surface area contributed by atoms with Crippen LogP contribution in [0.25, 0.3) is 0 Å². The summed E-state index contributed by atoms with van der Waals surface area (Å²) in [4.78, 5) is 31.8. The smallest absolute Gasteiger partial charge is 0.326 e. The Bertz CT molecular complexity index is 1030. The highest BCUT2D eigenvalue weighted by Gasteiger charge is 2.30.